The molecule has 150 valence electrons. The summed E-state index contributed by atoms with van der Waals surface area (Å²) in [4.78, 5) is 24.0. The summed E-state index contributed by atoms with van der Waals surface area (Å²) in [6.45, 7) is 4.99. The number of esters is 1. The van der Waals surface area contributed by atoms with Crippen molar-refractivity contribution in [3.8, 4) is 5.75 Å². The van der Waals surface area contributed by atoms with Crippen LogP contribution < -0.4 is 10.1 Å². The second-order valence-corrected chi connectivity index (χ2v) is 6.30. The van der Waals surface area contributed by atoms with E-state index >= 15 is 0 Å². The number of carbonyl (C=O) groups excluding carboxylic acids is 2. The second-order valence-electron chi connectivity index (χ2n) is 6.30. The Labute approximate surface area is 160 Å². The number of nitrogens with one attached hydrogen (secondary N) is 1. The van der Waals surface area contributed by atoms with Gasteiger partial charge in [-0.1, -0.05) is 6.07 Å². The Bertz CT molecular complexity index is 832. The number of anilines is 1. The molecular formula is C20H20F3NO4. The lowest BCUT2D eigenvalue weighted by molar-refractivity contribution is -0.154. The molecule has 2 aromatic rings. The Balaban J connectivity index is 2.01. The topological polar surface area (TPSA) is 64.6 Å². The van der Waals surface area contributed by atoms with Gasteiger partial charge in [0.25, 0.3) is 5.91 Å². The monoisotopic (exact) mass is 395 g/mol. The molecule has 0 aliphatic rings. The van der Waals surface area contributed by atoms with Crippen LogP contribution >= 0.6 is 0 Å². The molecule has 2 rings (SSSR count). The van der Waals surface area contributed by atoms with Crippen LogP contribution in [0.4, 0.5) is 18.9 Å². The van der Waals surface area contributed by atoms with Gasteiger partial charge in [-0.15, -0.1) is 0 Å². The van der Waals surface area contributed by atoms with Crippen LogP contribution in [0.3, 0.4) is 0 Å². The van der Waals surface area contributed by atoms with E-state index in [1.54, 1.807) is 20.8 Å². The van der Waals surface area contributed by atoms with Gasteiger partial charge in [0, 0.05) is 11.3 Å². The van der Waals surface area contributed by atoms with Gasteiger partial charge in [-0.25, -0.2) is 4.79 Å². The van der Waals surface area contributed by atoms with Crippen LogP contribution in [0.1, 0.15) is 36.7 Å². The molecule has 0 aliphatic heterocycles. The molecule has 0 saturated heterocycles. The largest absolute Gasteiger partial charge is 0.479 e. The molecule has 0 saturated carbocycles. The van der Waals surface area contributed by atoms with Crippen molar-refractivity contribution in [2.24, 2.45) is 0 Å². The summed E-state index contributed by atoms with van der Waals surface area (Å²) >= 11 is 0. The summed E-state index contributed by atoms with van der Waals surface area (Å²) in [7, 11) is 0. The van der Waals surface area contributed by atoms with E-state index in [1.165, 1.54) is 36.4 Å². The van der Waals surface area contributed by atoms with Gasteiger partial charge in [0.05, 0.1) is 11.7 Å². The third-order valence-corrected chi connectivity index (χ3v) is 3.56. The molecule has 0 aliphatic carbocycles. The van der Waals surface area contributed by atoms with Gasteiger partial charge in [0.2, 0.25) is 0 Å². The molecule has 1 atom stereocenters. The highest BCUT2D eigenvalue weighted by Crippen LogP contribution is 2.30. The van der Waals surface area contributed by atoms with Gasteiger partial charge in [-0.3, -0.25) is 4.79 Å². The Morgan fingerprint density at radius 1 is 1.00 bits per heavy atom. The van der Waals surface area contributed by atoms with Crippen molar-refractivity contribution in [3.05, 3.63) is 59.7 Å². The number of carbonyl (C=O) groups is 2. The number of hydrogen-bond donors (Lipinski definition) is 1. The first-order chi connectivity index (χ1) is 13.1. The second kappa shape index (κ2) is 8.77. The number of amides is 1. The fourth-order valence-electron chi connectivity index (χ4n) is 2.24. The quantitative estimate of drug-likeness (QED) is 0.722. The number of ether oxygens (including phenoxy) is 2. The Morgan fingerprint density at radius 3 is 2.21 bits per heavy atom. The van der Waals surface area contributed by atoms with E-state index in [4.69, 9.17) is 9.47 Å². The summed E-state index contributed by atoms with van der Waals surface area (Å²) < 4.78 is 48.7. The molecular weight excluding hydrogens is 375 g/mol. The first-order valence-corrected chi connectivity index (χ1v) is 8.52. The van der Waals surface area contributed by atoms with Crippen molar-refractivity contribution in [1.29, 1.82) is 0 Å². The minimum Gasteiger partial charge on any atom is -0.479 e. The zero-order valence-corrected chi connectivity index (χ0v) is 15.5. The average Bonchev–Trinajstić information content (AvgIpc) is 2.61. The van der Waals surface area contributed by atoms with Crippen molar-refractivity contribution in [3.63, 3.8) is 0 Å². The standard InChI is InChI=1S/C20H20F3NO4/c1-12(2)27-19(26)13(3)28-17-9-7-14(8-10-17)18(25)24-16-6-4-5-15(11-16)20(21,22)23/h4-13H,1-3H3,(H,24,25)/t13-/m1/s1. The van der Waals surface area contributed by atoms with Gasteiger partial charge in [0.15, 0.2) is 6.10 Å². The Morgan fingerprint density at radius 2 is 1.64 bits per heavy atom. The van der Waals surface area contributed by atoms with Crippen LogP contribution in [0.5, 0.6) is 5.75 Å². The van der Waals surface area contributed by atoms with E-state index in [2.05, 4.69) is 5.32 Å². The molecule has 2 aromatic carbocycles. The van der Waals surface area contributed by atoms with Crippen LogP contribution in [-0.2, 0) is 15.7 Å². The minimum atomic E-state index is -4.49. The van der Waals surface area contributed by atoms with E-state index < -0.39 is 29.7 Å². The maximum Gasteiger partial charge on any atom is 0.416 e. The molecule has 0 spiro atoms. The average molecular weight is 395 g/mol. The number of halogens is 3. The molecule has 0 fully saturated rings. The highest BCUT2D eigenvalue weighted by molar-refractivity contribution is 6.04. The zero-order chi connectivity index (χ0) is 20.9. The lowest BCUT2D eigenvalue weighted by Gasteiger charge is -2.16. The number of alkyl halides is 3. The predicted octanol–water partition coefficient (Wildman–Crippen LogP) is 4.68. The normalized spacial score (nSPS) is 12.4. The van der Waals surface area contributed by atoms with Crippen molar-refractivity contribution >= 4 is 17.6 Å². The van der Waals surface area contributed by atoms with Crippen LogP contribution in [0.2, 0.25) is 0 Å². The lowest BCUT2D eigenvalue weighted by atomic mass is 10.1. The molecule has 0 aromatic heterocycles. The van der Waals surface area contributed by atoms with E-state index in [0.29, 0.717) is 5.75 Å². The van der Waals surface area contributed by atoms with Gasteiger partial charge in [-0.05, 0) is 63.2 Å². The molecule has 1 N–H and O–H groups in total. The first-order valence-electron chi connectivity index (χ1n) is 8.52. The fourth-order valence-corrected chi connectivity index (χ4v) is 2.24. The van der Waals surface area contributed by atoms with Gasteiger partial charge >= 0.3 is 12.1 Å². The van der Waals surface area contributed by atoms with Crippen molar-refractivity contribution in [1.82, 2.24) is 0 Å². The molecule has 0 unspecified atom stereocenters. The fraction of sp³-hybridized carbons (Fsp3) is 0.300. The van der Waals surface area contributed by atoms with Crippen molar-refractivity contribution < 1.29 is 32.2 Å². The molecule has 0 bridgehead atoms. The van der Waals surface area contributed by atoms with Gasteiger partial charge in [-0.2, -0.15) is 13.2 Å². The smallest absolute Gasteiger partial charge is 0.416 e. The molecule has 0 radical (unpaired) electrons. The third kappa shape index (κ3) is 6.00. The van der Waals surface area contributed by atoms with Crippen LogP contribution in [0.15, 0.2) is 48.5 Å². The molecule has 5 nitrogen and oxygen atoms in total. The predicted molar refractivity (Wildman–Crippen MR) is 97.2 cm³/mol. The Kier molecular flexibility index (Phi) is 6.66. The highest BCUT2D eigenvalue weighted by atomic mass is 19.4. The summed E-state index contributed by atoms with van der Waals surface area (Å²) in [5.41, 5.74) is -0.594. The van der Waals surface area contributed by atoms with E-state index in [9.17, 15) is 22.8 Å². The first kappa shape index (κ1) is 21.3. The molecule has 8 heteroatoms. The summed E-state index contributed by atoms with van der Waals surface area (Å²) in [5, 5.41) is 2.42. The number of hydrogen-bond acceptors (Lipinski definition) is 4. The maximum absolute atomic E-state index is 12.7. The van der Waals surface area contributed by atoms with Gasteiger partial charge in [0.1, 0.15) is 5.75 Å². The SMILES string of the molecule is CC(C)OC(=O)[C@@H](C)Oc1ccc(C(=O)Nc2cccc(C(F)(F)F)c2)cc1. The van der Waals surface area contributed by atoms with E-state index in [0.717, 1.165) is 12.1 Å². The molecule has 28 heavy (non-hydrogen) atoms. The summed E-state index contributed by atoms with van der Waals surface area (Å²) in [6.07, 6.45) is -5.58. The van der Waals surface area contributed by atoms with Crippen LogP contribution in [-0.4, -0.2) is 24.1 Å². The number of rotatable bonds is 6. The minimum absolute atomic E-state index is 0.0326. The number of benzene rings is 2. The van der Waals surface area contributed by atoms with Crippen LogP contribution in [0.25, 0.3) is 0 Å². The van der Waals surface area contributed by atoms with E-state index in [-0.39, 0.29) is 17.4 Å². The van der Waals surface area contributed by atoms with Crippen molar-refractivity contribution in [2.75, 3.05) is 5.32 Å². The zero-order valence-electron chi connectivity index (χ0n) is 15.5. The highest BCUT2D eigenvalue weighted by Gasteiger charge is 2.30. The molecule has 1 amide bonds. The third-order valence-electron chi connectivity index (χ3n) is 3.56. The lowest BCUT2D eigenvalue weighted by Crippen LogP contribution is -2.28. The van der Waals surface area contributed by atoms with E-state index in [1.807, 2.05) is 0 Å². The van der Waals surface area contributed by atoms with Crippen LogP contribution in [0, 0.1) is 0 Å². The van der Waals surface area contributed by atoms with Gasteiger partial charge < -0.3 is 14.8 Å². The summed E-state index contributed by atoms with van der Waals surface area (Å²) in [6, 6.07) is 10.2. The molecule has 0 heterocycles. The van der Waals surface area contributed by atoms with Crippen molar-refractivity contribution in [2.45, 2.75) is 39.2 Å². The maximum atomic E-state index is 12.7. The summed E-state index contributed by atoms with van der Waals surface area (Å²) in [5.74, 6) is -0.733. The Hall–Kier alpha value is -3.03.